The van der Waals surface area contributed by atoms with E-state index in [0.29, 0.717) is 28.0 Å². The number of hydrogen-bond acceptors (Lipinski definition) is 5. The highest BCUT2D eigenvalue weighted by Crippen LogP contribution is 2.35. The van der Waals surface area contributed by atoms with Gasteiger partial charge in [-0.15, -0.1) is 0 Å². The van der Waals surface area contributed by atoms with E-state index in [0.717, 1.165) is 59.9 Å². The molecule has 0 atom stereocenters. The number of rotatable bonds is 7. The number of amides is 1. The maximum Gasteiger partial charge on any atom is 0.253 e. The zero-order valence-corrected chi connectivity index (χ0v) is 24.6. The average molecular weight is 561 g/mol. The number of H-pyrrole nitrogens is 1. The number of piperazine rings is 1. The predicted octanol–water partition coefficient (Wildman–Crippen LogP) is 5.18. The zero-order valence-electron chi connectivity index (χ0n) is 23.8. The molecule has 0 spiro atoms. The van der Waals surface area contributed by atoms with Gasteiger partial charge < -0.3 is 24.7 Å². The number of nitrogens with zero attached hydrogens (tertiary/aromatic N) is 4. The van der Waals surface area contributed by atoms with Crippen molar-refractivity contribution < 1.29 is 4.79 Å². The summed E-state index contributed by atoms with van der Waals surface area (Å²) in [5, 5.41) is 4.21. The second kappa shape index (κ2) is 11.5. The van der Waals surface area contributed by atoms with Crippen LogP contribution < -0.4 is 15.8 Å². The van der Waals surface area contributed by atoms with Crippen LogP contribution in [0.15, 0.2) is 47.5 Å². The largest absolute Gasteiger partial charge is 0.354 e. The number of carbonyl (C=O) groups excluding carboxylic acids is 1. The molecule has 1 saturated heterocycles. The number of nitrogens with one attached hydrogen (secondary N) is 2. The first kappa shape index (κ1) is 27.9. The minimum atomic E-state index is -0.278. The molecule has 8 nitrogen and oxygen atoms in total. The minimum absolute atomic E-state index is 0.132. The second-order valence-electron chi connectivity index (χ2n) is 10.9. The van der Waals surface area contributed by atoms with Gasteiger partial charge in [-0.2, -0.15) is 0 Å². The summed E-state index contributed by atoms with van der Waals surface area (Å²) >= 11 is 6.72. The van der Waals surface area contributed by atoms with Gasteiger partial charge in [0.1, 0.15) is 5.82 Å². The smallest absolute Gasteiger partial charge is 0.253 e. The van der Waals surface area contributed by atoms with Gasteiger partial charge in [0.15, 0.2) is 0 Å². The molecule has 9 heteroatoms. The number of aromatic amines is 1. The summed E-state index contributed by atoms with van der Waals surface area (Å²) in [6.07, 6.45) is 4.46. The molecule has 0 saturated carbocycles. The summed E-state index contributed by atoms with van der Waals surface area (Å²) < 4.78 is 2.09. The van der Waals surface area contributed by atoms with Crippen molar-refractivity contribution in [3.05, 3.63) is 80.5 Å². The first-order valence-electron chi connectivity index (χ1n) is 13.9. The molecule has 1 fully saturated rings. The van der Waals surface area contributed by atoms with Crippen LogP contribution in [-0.2, 0) is 13.0 Å². The lowest BCUT2D eigenvalue weighted by atomic mass is 10.00. The average Bonchev–Trinajstić information content (AvgIpc) is 3.28. The zero-order chi connectivity index (χ0) is 28.6. The summed E-state index contributed by atoms with van der Waals surface area (Å²) in [5.74, 6) is 0.679. The molecule has 5 rings (SSSR count). The van der Waals surface area contributed by atoms with Crippen molar-refractivity contribution in [2.24, 2.45) is 0 Å². The molecule has 1 aliphatic heterocycles. The van der Waals surface area contributed by atoms with Crippen LogP contribution in [-0.4, -0.2) is 58.6 Å². The Bertz CT molecular complexity index is 1600. The van der Waals surface area contributed by atoms with Crippen LogP contribution >= 0.6 is 11.6 Å². The molecular formula is C31H37ClN6O2. The quantitative estimate of drug-likeness (QED) is 0.325. The van der Waals surface area contributed by atoms with Crippen molar-refractivity contribution in [3.63, 3.8) is 0 Å². The van der Waals surface area contributed by atoms with Crippen molar-refractivity contribution in [1.29, 1.82) is 0 Å². The molecule has 0 bridgehead atoms. The van der Waals surface area contributed by atoms with Gasteiger partial charge in [-0.1, -0.05) is 18.5 Å². The highest BCUT2D eigenvalue weighted by Gasteiger charge is 2.21. The predicted molar refractivity (Wildman–Crippen MR) is 163 cm³/mol. The Balaban J connectivity index is 1.51. The summed E-state index contributed by atoms with van der Waals surface area (Å²) in [6.45, 7) is 12.1. The minimum Gasteiger partial charge on any atom is -0.354 e. The fourth-order valence-corrected chi connectivity index (χ4v) is 5.75. The number of halogens is 1. The van der Waals surface area contributed by atoms with E-state index >= 15 is 0 Å². The molecule has 0 radical (unpaired) electrons. The number of hydrogen-bond donors (Lipinski definition) is 2. The SMILES string of the molecule is CCc1cc(C)[nH]c(=O)c1CNC(=O)c1cc(-c2ccc(N3CCN(C)CC3)nc2)cc2c1c(Cl)cn2C(C)C. The molecular weight excluding hydrogens is 524 g/mol. The number of carbonyl (C=O) groups is 1. The molecule has 4 aromatic rings. The molecule has 1 aromatic carbocycles. The van der Waals surface area contributed by atoms with Crippen LogP contribution in [0.5, 0.6) is 0 Å². The number of pyridine rings is 2. The Kier molecular flexibility index (Phi) is 8.01. The van der Waals surface area contributed by atoms with Gasteiger partial charge in [0, 0.05) is 73.4 Å². The standard InChI is InChI=1S/C31H37ClN6O2/c1-6-21-13-20(4)35-31(40)25(21)17-34-30(39)24-14-23(15-27-29(24)26(32)18-38(27)19(2)3)22-7-8-28(33-16-22)37-11-9-36(5)10-12-37/h7-8,13-16,18-19H,6,9-12,17H2,1-5H3,(H,34,39)(H,35,40). The van der Waals surface area contributed by atoms with E-state index in [1.54, 1.807) is 0 Å². The van der Waals surface area contributed by atoms with Gasteiger partial charge in [0.25, 0.3) is 11.5 Å². The second-order valence-corrected chi connectivity index (χ2v) is 11.3. The summed E-state index contributed by atoms with van der Waals surface area (Å²) in [6, 6.07) is 10.2. The Morgan fingerprint density at radius 1 is 1.12 bits per heavy atom. The van der Waals surface area contributed by atoms with E-state index in [9.17, 15) is 9.59 Å². The molecule has 0 aliphatic carbocycles. The number of anilines is 1. The third-order valence-electron chi connectivity index (χ3n) is 7.77. The van der Waals surface area contributed by atoms with Crippen LogP contribution in [0.4, 0.5) is 5.82 Å². The van der Waals surface area contributed by atoms with Crippen molar-refractivity contribution in [3.8, 4) is 11.1 Å². The Morgan fingerprint density at radius 2 is 1.88 bits per heavy atom. The number of benzene rings is 1. The number of fused-ring (bicyclic) bond motifs is 1. The summed E-state index contributed by atoms with van der Waals surface area (Å²) in [7, 11) is 2.14. The van der Waals surface area contributed by atoms with Crippen LogP contribution in [0.3, 0.4) is 0 Å². The van der Waals surface area contributed by atoms with E-state index in [2.05, 4.69) is 63.8 Å². The number of aryl methyl sites for hydroxylation is 2. The number of aromatic nitrogens is 3. The monoisotopic (exact) mass is 560 g/mol. The highest BCUT2D eigenvalue weighted by molar-refractivity contribution is 6.37. The van der Waals surface area contributed by atoms with E-state index in [-0.39, 0.29) is 24.1 Å². The maximum atomic E-state index is 13.7. The Labute approximate surface area is 240 Å². The first-order valence-corrected chi connectivity index (χ1v) is 14.3. The Hall–Kier alpha value is -3.62. The van der Waals surface area contributed by atoms with Gasteiger partial charge in [-0.25, -0.2) is 4.98 Å². The van der Waals surface area contributed by atoms with Crippen LogP contribution in [0, 0.1) is 6.92 Å². The van der Waals surface area contributed by atoms with Crippen molar-refractivity contribution in [2.75, 3.05) is 38.1 Å². The van der Waals surface area contributed by atoms with Gasteiger partial charge in [-0.05, 0) is 75.7 Å². The molecule has 210 valence electrons. The normalized spacial score (nSPS) is 14.3. The van der Waals surface area contributed by atoms with E-state index in [1.807, 2.05) is 38.4 Å². The van der Waals surface area contributed by atoms with E-state index in [4.69, 9.17) is 16.6 Å². The summed E-state index contributed by atoms with van der Waals surface area (Å²) in [5.41, 5.74) is 5.29. The topological polar surface area (TPSA) is 86.3 Å². The van der Waals surface area contributed by atoms with Gasteiger partial charge in [0.2, 0.25) is 0 Å². The number of likely N-dealkylation sites (N-methyl/N-ethyl adjacent to an activating group) is 1. The van der Waals surface area contributed by atoms with Gasteiger partial charge in [-0.3, -0.25) is 9.59 Å². The van der Waals surface area contributed by atoms with Crippen LogP contribution in [0.1, 0.15) is 54.0 Å². The fourth-order valence-electron chi connectivity index (χ4n) is 5.45. The lowest BCUT2D eigenvalue weighted by Crippen LogP contribution is -2.44. The lowest BCUT2D eigenvalue weighted by molar-refractivity contribution is 0.0952. The van der Waals surface area contributed by atoms with Crippen LogP contribution in [0.2, 0.25) is 5.02 Å². The van der Waals surface area contributed by atoms with E-state index < -0.39 is 0 Å². The van der Waals surface area contributed by atoms with Crippen molar-refractivity contribution in [2.45, 2.75) is 46.7 Å². The molecule has 1 amide bonds. The first-order chi connectivity index (χ1) is 19.2. The van der Waals surface area contributed by atoms with Gasteiger partial charge >= 0.3 is 0 Å². The van der Waals surface area contributed by atoms with Crippen LogP contribution in [0.25, 0.3) is 22.0 Å². The fraction of sp³-hybridized carbons (Fsp3) is 0.387. The third-order valence-corrected chi connectivity index (χ3v) is 8.05. The molecule has 0 unspecified atom stereocenters. The maximum absolute atomic E-state index is 13.7. The molecule has 40 heavy (non-hydrogen) atoms. The van der Waals surface area contributed by atoms with Crippen molar-refractivity contribution in [1.82, 2.24) is 24.8 Å². The van der Waals surface area contributed by atoms with E-state index in [1.165, 1.54) is 0 Å². The summed E-state index contributed by atoms with van der Waals surface area (Å²) in [4.78, 5) is 38.6. The molecule has 4 heterocycles. The Morgan fingerprint density at radius 3 is 2.52 bits per heavy atom. The molecule has 2 N–H and O–H groups in total. The molecule has 1 aliphatic rings. The third kappa shape index (κ3) is 5.51. The van der Waals surface area contributed by atoms with Gasteiger partial charge in [0.05, 0.1) is 16.1 Å². The lowest BCUT2D eigenvalue weighted by Gasteiger charge is -2.33. The molecule has 3 aromatic heterocycles. The van der Waals surface area contributed by atoms with Crippen molar-refractivity contribution >= 4 is 34.2 Å². The highest BCUT2D eigenvalue weighted by atomic mass is 35.5.